The number of aryl methyl sites for hydroxylation is 1. The van der Waals surface area contributed by atoms with Crippen molar-refractivity contribution >= 4 is 5.91 Å². The second-order valence-corrected chi connectivity index (χ2v) is 8.67. The Labute approximate surface area is 148 Å². The monoisotopic (exact) mass is 347 g/mol. The summed E-state index contributed by atoms with van der Waals surface area (Å²) in [5, 5.41) is 10.8. The van der Waals surface area contributed by atoms with E-state index < -0.39 is 5.60 Å². The Kier molecular flexibility index (Phi) is 4.52. The van der Waals surface area contributed by atoms with Crippen LogP contribution in [0.5, 0.6) is 0 Å². The van der Waals surface area contributed by atoms with Gasteiger partial charge in [-0.3, -0.25) is 9.59 Å². The van der Waals surface area contributed by atoms with Crippen LogP contribution in [0.1, 0.15) is 74.8 Å². The van der Waals surface area contributed by atoms with Gasteiger partial charge in [0.15, 0.2) is 0 Å². The fourth-order valence-corrected chi connectivity index (χ4v) is 4.11. The number of aromatic amines is 1. The molecule has 25 heavy (non-hydrogen) atoms. The van der Waals surface area contributed by atoms with Crippen molar-refractivity contribution in [1.82, 2.24) is 14.9 Å². The van der Waals surface area contributed by atoms with Gasteiger partial charge in [0, 0.05) is 24.4 Å². The number of piperidine rings is 1. The van der Waals surface area contributed by atoms with Crippen LogP contribution in [-0.2, 0) is 5.41 Å². The summed E-state index contributed by atoms with van der Waals surface area (Å²) >= 11 is 0. The molecule has 0 bridgehead atoms. The van der Waals surface area contributed by atoms with Gasteiger partial charge in [0.1, 0.15) is 11.4 Å². The number of fused-ring (bicyclic) bond motifs is 1. The molecule has 0 aromatic carbocycles. The number of hydrogen-bond acceptors (Lipinski definition) is 4. The fraction of sp³-hybridized carbons (Fsp3) is 0.737. The average Bonchev–Trinajstić information content (AvgIpc) is 2.52. The van der Waals surface area contributed by atoms with E-state index in [1.54, 1.807) is 11.8 Å². The van der Waals surface area contributed by atoms with Crippen LogP contribution in [0.25, 0.3) is 0 Å². The number of carbonyl (C=O) groups is 1. The molecule has 6 nitrogen and oxygen atoms in total. The Morgan fingerprint density at radius 3 is 2.68 bits per heavy atom. The number of nitrogens with zero attached hydrogens (tertiary/aromatic N) is 2. The van der Waals surface area contributed by atoms with E-state index in [4.69, 9.17) is 0 Å². The van der Waals surface area contributed by atoms with Crippen LogP contribution in [0.2, 0.25) is 0 Å². The molecular weight excluding hydrogens is 318 g/mol. The highest BCUT2D eigenvalue weighted by atomic mass is 16.3. The number of aromatic nitrogens is 2. The van der Waals surface area contributed by atoms with Crippen LogP contribution in [0.4, 0.5) is 0 Å². The molecule has 2 aliphatic rings. The van der Waals surface area contributed by atoms with Crippen molar-refractivity contribution in [3.63, 3.8) is 0 Å². The third-order valence-corrected chi connectivity index (χ3v) is 5.74. The lowest BCUT2D eigenvalue weighted by Crippen LogP contribution is -2.55. The van der Waals surface area contributed by atoms with Crippen molar-refractivity contribution in [2.45, 2.75) is 70.8 Å². The molecule has 138 valence electrons. The highest BCUT2D eigenvalue weighted by Crippen LogP contribution is 2.40. The first-order chi connectivity index (χ1) is 11.6. The van der Waals surface area contributed by atoms with E-state index in [1.165, 1.54) is 0 Å². The minimum absolute atomic E-state index is 0.111. The Morgan fingerprint density at radius 1 is 1.32 bits per heavy atom. The third kappa shape index (κ3) is 3.36. The number of nitrogens with one attached hydrogen (secondary N) is 1. The van der Waals surface area contributed by atoms with Crippen LogP contribution >= 0.6 is 0 Å². The molecule has 1 aliphatic heterocycles. The highest BCUT2D eigenvalue weighted by molar-refractivity contribution is 5.95. The van der Waals surface area contributed by atoms with Gasteiger partial charge in [-0.25, -0.2) is 4.98 Å². The van der Waals surface area contributed by atoms with Gasteiger partial charge < -0.3 is 15.0 Å². The number of hydrogen-bond donors (Lipinski definition) is 2. The topological polar surface area (TPSA) is 86.3 Å². The fourth-order valence-electron chi connectivity index (χ4n) is 4.11. The molecule has 2 N–H and O–H groups in total. The molecular formula is C19H29N3O3. The maximum absolute atomic E-state index is 13.0. The zero-order chi connectivity index (χ0) is 18.4. The molecule has 1 saturated heterocycles. The molecule has 1 saturated carbocycles. The van der Waals surface area contributed by atoms with Crippen LogP contribution in [-0.4, -0.2) is 44.6 Å². The van der Waals surface area contributed by atoms with Crippen molar-refractivity contribution in [1.29, 1.82) is 0 Å². The van der Waals surface area contributed by atoms with E-state index >= 15 is 0 Å². The number of aliphatic hydroxyl groups is 1. The maximum Gasteiger partial charge on any atom is 0.264 e. The van der Waals surface area contributed by atoms with E-state index in [1.807, 2.05) is 20.8 Å². The van der Waals surface area contributed by atoms with Crippen LogP contribution < -0.4 is 5.56 Å². The summed E-state index contributed by atoms with van der Waals surface area (Å²) in [5.41, 5.74) is -0.677. The normalized spacial score (nSPS) is 27.1. The van der Waals surface area contributed by atoms with Gasteiger partial charge in [0.25, 0.3) is 11.5 Å². The van der Waals surface area contributed by atoms with Crippen LogP contribution in [0, 0.1) is 12.8 Å². The molecule has 1 aromatic heterocycles. The van der Waals surface area contributed by atoms with Crippen LogP contribution in [0.3, 0.4) is 0 Å². The van der Waals surface area contributed by atoms with Crippen molar-refractivity contribution in [3.8, 4) is 0 Å². The molecule has 3 rings (SSSR count). The number of likely N-dealkylation sites (tertiary alicyclic amines) is 1. The summed E-state index contributed by atoms with van der Waals surface area (Å²) in [4.78, 5) is 34.5. The minimum atomic E-state index is -0.634. The number of amides is 1. The molecule has 0 unspecified atom stereocenters. The molecule has 0 spiro atoms. The first-order valence-corrected chi connectivity index (χ1v) is 9.25. The van der Waals surface area contributed by atoms with E-state index in [0.29, 0.717) is 31.0 Å². The van der Waals surface area contributed by atoms with Gasteiger partial charge in [-0.2, -0.15) is 0 Å². The quantitative estimate of drug-likeness (QED) is 0.815. The van der Waals surface area contributed by atoms with Crippen LogP contribution in [0.15, 0.2) is 4.79 Å². The van der Waals surface area contributed by atoms with Gasteiger partial charge >= 0.3 is 0 Å². The lowest BCUT2D eigenvalue weighted by atomic mass is 9.71. The maximum atomic E-state index is 13.0. The molecule has 2 fully saturated rings. The zero-order valence-corrected chi connectivity index (χ0v) is 15.7. The van der Waals surface area contributed by atoms with Gasteiger partial charge in [0.05, 0.1) is 11.3 Å². The SMILES string of the molecule is Cc1nc(C(C)(C)C)[nH]c(=O)c1C(=O)N1CC[C@@]2(O)CCCC[C@H]2C1. The predicted octanol–water partition coefficient (Wildman–Crippen LogP) is 2.14. The summed E-state index contributed by atoms with van der Waals surface area (Å²) < 4.78 is 0. The van der Waals surface area contributed by atoms with Crippen molar-refractivity contribution in [2.75, 3.05) is 13.1 Å². The largest absolute Gasteiger partial charge is 0.389 e. The molecule has 0 radical (unpaired) electrons. The molecule has 1 aromatic rings. The zero-order valence-electron chi connectivity index (χ0n) is 15.7. The first kappa shape index (κ1) is 18.1. The Balaban J connectivity index is 1.86. The molecule has 1 aliphatic carbocycles. The average molecular weight is 347 g/mol. The van der Waals surface area contributed by atoms with E-state index in [-0.39, 0.29) is 28.4 Å². The Hall–Kier alpha value is -1.69. The Bertz CT molecular complexity index is 734. The van der Waals surface area contributed by atoms with Gasteiger partial charge in [-0.05, 0) is 26.2 Å². The van der Waals surface area contributed by atoms with E-state index in [9.17, 15) is 14.7 Å². The van der Waals surface area contributed by atoms with E-state index in [2.05, 4.69) is 9.97 Å². The van der Waals surface area contributed by atoms with Gasteiger partial charge in [-0.1, -0.05) is 33.6 Å². The summed E-state index contributed by atoms with van der Waals surface area (Å²) in [6.07, 6.45) is 4.50. The van der Waals surface area contributed by atoms with Crippen molar-refractivity contribution in [3.05, 3.63) is 27.4 Å². The minimum Gasteiger partial charge on any atom is -0.389 e. The van der Waals surface area contributed by atoms with E-state index in [0.717, 1.165) is 25.7 Å². The Morgan fingerprint density at radius 2 is 2.04 bits per heavy atom. The molecule has 6 heteroatoms. The second kappa shape index (κ2) is 6.24. The van der Waals surface area contributed by atoms with Crippen molar-refractivity contribution < 1.29 is 9.90 Å². The molecule has 2 atom stereocenters. The predicted molar refractivity (Wildman–Crippen MR) is 95.7 cm³/mol. The number of rotatable bonds is 1. The summed E-state index contributed by atoms with van der Waals surface area (Å²) in [7, 11) is 0. The van der Waals surface area contributed by atoms with Crippen molar-refractivity contribution in [2.24, 2.45) is 5.92 Å². The second-order valence-electron chi connectivity index (χ2n) is 8.67. The molecule has 1 amide bonds. The smallest absolute Gasteiger partial charge is 0.264 e. The summed E-state index contributed by atoms with van der Waals surface area (Å²) in [6, 6.07) is 0. The summed E-state index contributed by atoms with van der Waals surface area (Å²) in [5.74, 6) is 0.436. The summed E-state index contributed by atoms with van der Waals surface area (Å²) in [6.45, 7) is 8.65. The number of H-pyrrole nitrogens is 1. The first-order valence-electron chi connectivity index (χ1n) is 9.25. The van der Waals surface area contributed by atoms with Gasteiger partial charge in [0.2, 0.25) is 0 Å². The standard InChI is InChI=1S/C19H29N3O3/c1-12-14(15(23)21-17(20-12)18(2,3)4)16(24)22-10-9-19(25)8-6-5-7-13(19)11-22/h13,25H,5-11H2,1-4H3,(H,20,21,23)/t13-,19-/m0/s1. The van der Waals surface area contributed by atoms with Gasteiger partial charge in [-0.15, -0.1) is 0 Å². The number of carbonyl (C=O) groups excluding carboxylic acids is 1. The molecule has 2 heterocycles. The highest BCUT2D eigenvalue weighted by Gasteiger charge is 2.44. The lowest BCUT2D eigenvalue weighted by Gasteiger charge is -2.47. The lowest BCUT2D eigenvalue weighted by molar-refractivity contribution is -0.0886. The third-order valence-electron chi connectivity index (χ3n) is 5.74.